The number of fused-ring (bicyclic) bond motifs is 2. The molecule has 2 aromatic heterocycles. The minimum absolute atomic E-state index is 0.0750. The Labute approximate surface area is 181 Å². The van der Waals surface area contributed by atoms with Gasteiger partial charge in [-0.1, -0.05) is 17.7 Å². The van der Waals surface area contributed by atoms with Crippen molar-refractivity contribution in [3.8, 4) is 11.3 Å². The number of rotatable bonds is 3. The smallest absolute Gasteiger partial charge is 0.271 e. The number of nitrogens with zero attached hydrogens (tertiary/aromatic N) is 5. The minimum atomic E-state index is -0.424. The van der Waals surface area contributed by atoms with Gasteiger partial charge in [0, 0.05) is 30.2 Å². The topological polar surface area (TPSA) is 83.9 Å². The molecule has 0 saturated heterocycles. The van der Waals surface area contributed by atoms with Gasteiger partial charge in [0.25, 0.3) is 5.91 Å². The fourth-order valence-electron chi connectivity index (χ4n) is 3.76. The number of carbonyl (C=O) groups excluding carboxylic acids is 1. The third kappa shape index (κ3) is 3.34. The molecule has 0 bridgehead atoms. The van der Waals surface area contributed by atoms with E-state index in [2.05, 4.69) is 25.3 Å². The molecule has 0 atom stereocenters. The fraction of sp³-hybridized carbons (Fsp3) is 0.136. The number of nitrogens with one attached hydrogen (secondary N) is 1. The molecule has 1 aliphatic heterocycles. The van der Waals surface area contributed by atoms with Crippen LogP contribution in [0.5, 0.6) is 0 Å². The summed E-state index contributed by atoms with van der Waals surface area (Å²) >= 11 is 6.04. The zero-order valence-electron chi connectivity index (χ0n) is 16.4. The number of benzene rings is 2. The first-order valence-corrected chi connectivity index (χ1v) is 9.97. The van der Waals surface area contributed by atoms with E-state index >= 15 is 0 Å². The second kappa shape index (κ2) is 7.55. The zero-order valence-corrected chi connectivity index (χ0v) is 17.2. The van der Waals surface area contributed by atoms with Crippen LogP contribution in [0.2, 0.25) is 5.02 Å². The summed E-state index contributed by atoms with van der Waals surface area (Å²) in [6.45, 7) is 0.650. The maximum Gasteiger partial charge on any atom is 0.271 e. The predicted molar refractivity (Wildman–Crippen MR) is 116 cm³/mol. The summed E-state index contributed by atoms with van der Waals surface area (Å²) < 4.78 is 13.9. The molecule has 1 N–H and O–H groups in total. The van der Waals surface area contributed by atoms with Gasteiger partial charge in [-0.15, -0.1) is 0 Å². The van der Waals surface area contributed by atoms with Gasteiger partial charge in [-0.2, -0.15) is 0 Å². The van der Waals surface area contributed by atoms with Crippen molar-refractivity contribution in [2.75, 3.05) is 18.5 Å². The van der Waals surface area contributed by atoms with Crippen LogP contribution in [0.3, 0.4) is 0 Å². The lowest BCUT2D eigenvalue weighted by atomic mass is 10.1. The van der Waals surface area contributed by atoms with Crippen LogP contribution in [-0.2, 0) is 6.42 Å². The van der Waals surface area contributed by atoms with Crippen LogP contribution < -0.4 is 10.2 Å². The van der Waals surface area contributed by atoms with Gasteiger partial charge in [-0.05, 0) is 36.2 Å². The average Bonchev–Trinajstić information content (AvgIpc) is 3.20. The number of hydrogen-bond acceptors (Lipinski definition) is 6. The molecule has 154 valence electrons. The Bertz CT molecular complexity index is 1350. The van der Waals surface area contributed by atoms with Gasteiger partial charge >= 0.3 is 0 Å². The molecule has 5 rings (SSSR count). The van der Waals surface area contributed by atoms with Crippen LogP contribution in [0.25, 0.3) is 22.2 Å². The molecular weight excluding hydrogens is 419 g/mol. The summed E-state index contributed by atoms with van der Waals surface area (Å²) in [6, 6.07) is 8.78. The number of hydrogen-bond donors (Lipinski definition) is 1. The molecule has 0 aliphatic carbocycles. The highest BCUT2D eigenvalue weighted by molar-refractivity contribution is 6.31. The third-order valence-corrected chi connectivity index (χ3v) is 5.57. The molecule has 0 fully saturated rings. The lowest BCUT2D eigenvalue weighted by molar-refractivity contribution is 0.0958. The van der Waals surface area contributed by atoms with E-state index in [4.69, 9.17) is 11.6 Å². The molecule has 7 nitrogen and oxygen atoms in total. The highest BCUT2D eigenvalue weighted by Crippen LogP contribution is 2.39. The summed E-state index contributed by atoms with van der Waals surface area (Å²) in [5.41, 5.74) is 4.04. The van der Waals surface area contributed by atoms with Gasteiger partial charge in [0.2, 0.25) is 0 Å². The number of anilines is 2. The molecule has 3 heterocycles. The summed E-state index contributed by atoms with van der Waals surface area (Å²) in [7, 11) is 1.54. The second-order valence-corrected chi connectivity index (χ2v) is 7.50. The Morgan fingerprint density at radius 3 is 2.90 bits per heavy atom. The Balaban J connectivity index is 1.63. The van der Waals surface area contributed by atoms with Crippen LogP contribution in [-0.4, -0.2) is 39.4 Å². The molecule has 0 saturated carbocycles. The van der Waals surface area contributed by atoms with Crippen LogP contribution in [0, 0.1) is 5.82 Å². The molecule has 0 unspecified atom stereocenters. The van der Waals surface area contributed by atoms with E-state index in [1.54, 1.807) is 19.3 Å². The van der Waals surface area contributed by atoms with Gasteiger partial charge < -0.3 is 10.2 Å². The molecule has 1 aliphatic rings. The van der Waals surface area contributed by atoms with Crippen molar-refractivity contribution in [3.05, 3.63) is 71.2 Å². The highest BCUT2D eigenvalue weighted by atomic mass is 35.5. The van der Waals surface area contributed by atoms with Crippen molar-refractivity contribution in [1.82, 2.24) is 25.3 Å². The molecule has 9 heteroatoms. The van der Waals surface area contributed by atoms with E-state index in [0.717, 1.165) is 27.7 Å². The quantitative estimate of drug-likeness (QED) is 0.526. The summed E-state index contributed by atoms with van der Waals surface area (Å²) in [5.74, 6) is -0.0349. The fourth-order valence-corrected chi connectivity index (χ4v) is 3.92. The first-order valence-electron chi connectivity index (χ1n) is 9.60. The van der Waals surface area contributed by atoms with Gasteiger partial charge in [0.15, 0.2) is 0 Å². The van der Waals surface area contributed by atoms with Crippen LogP contribution in [0.15, 0.2) is 49.1 Å². The van der Waals surface area contributed by atoms with E-state index in [1.807, 2.05) is 23.1 Å². The molecule has 0 spiro atoms. The molecule has 0 radical (unpaired) electrons. The monoisotopic (exact) mass is 434 g/mol. The van der Waals surface area contributed by atoms with E-state index < -0.39 is 5.82 Å². The van der Waals surface area contributed by atoms with Crippen molar-refractivity contribution in [3.63, 3.8) is 0 Å². The second-order valence-electron chi connectivity index (χ2n) is 7.09. The van der Waals surface area contributed by atoms with Crippen molar-refractivity contribution in [2.45, 2.75) is 6.42 Å². The molecule has 2 aromatic carbocycles. The van der Waals surface area contributed by atoms with Crippen molar-refractivity contribution in [1.29, 1.82) is 0 Å². The SMILES string of the molecule is CNC(=O)c1cncc(-c2ccc3ncnc(N4CCc5cc(F)c(Cl)cc54)c3c2)n1. The molecule has 1 amide bonds. The first-order chi connectivity index (χ1) is 15.0. The highest BCUT2D eigenvalue weighted by Gasteiger charge is 2.25. The minimum Gasteiger partial charge on any atom is -0.354 e. The lowest BCUT2D eigenvalue weighted by Crippen LogP contribution is -2.19. The first kappa shape index (κ1) is 19.3. The number of carbonyl (C=O) groups is 1. The summed E-state index contributed by atoms with van der Waals surface area (Å²) in [6.07, 6.45) is 5.22. The normalized spacial score (nSPS) is 12.8. The Kier molecular flexibility index (Phi) is 4.71. The van der Waals surface area contributed by atoms with Crippen molar-refractivity contribution >= 4 is 39.9 Å². The number of amides is 1. The van der Waals surface area contributed by atoms with Crippen molar-refractivity contribution in [2.24, 2.45) is 0 Å². The Hall–Kier alpha value is -3.65. The van der Waals surface area contributed by atoms with Crippen molar-refractivity contribution < 1.29 is 9.18 Å². The molecular formula is C22H16ClFN6O. The Morgan fingerprint density at radius 2 is 2.06 bits per heavy atom. The molecule has 4 aromatic rings. The summed E-state index contributed by atoms with van der Waals surface area (Å²) in [4.78, 5) is 31.4. The predicted octanol–water partition coefficient (Wildman–Crippen LogP) is 3.93. The van der Waals surface area contributed by atoms with E-state index in [1.165, 1.54) is 18.6 Å². The van der Waals surface area contributed by atoms with Crippen LogP contribution in [0.4, 0.5) is 15.9 Å². The van der Waals surface area contributed by atoms with E-state index in [9.17, 15) is 9.18 Å². The third-order valence-electron chi connectivity index (χ3n) is 5.28. The maximum atomic E-state index is 13.9. The van der Waals surface area contributed by atoms with E-state index in [0.29, 0.717) is 24.5 Å². The summed E-state index contributed by atoms with van der Waals surface area (Å²) in [5, 5.41) is 3.43. The Morgan fingerprint density at radius 1 is 1.19 bits per heavy atom. The zero-order chi connectivity index (χ0) is 21.5. The maximum absolute atomic E-state index is 13.9. The lowest BCUT2D eigenvalue weighted by Gasteiger charge is -2.20. The number of halogens is 2. The van der Waals surface area contributed by atoms with Crippen LogP contribution >= 0.6 is 11.6 Å². The largest absolute Gasteiger partial charge is 0.354 e. The standard InChI is InChI=1S/C22H16ClFN6O/c1-25-22(31)19-10-26-9-18(29-19)12-2-3-17-14(6-12)21(28-11-27-17)30-5-4-13-7-16(24)15(23)8-20(13)30/h2-3,6-11H,4-5H2,1H3,(H,25,31). The molecule has 31 heavy (non-hydrogen) atoms. The van der Waals surface area contributed by atoms with Gasteiger partial charge in [-0.25, -0.2) is 19.3 Å². The van der Waals surface area contributed by atoms with Gasteiger partial charge in [0.05, 0.1) is 28.6 Å². The van der Waals surface area contributed by atoms with Gasteiger partial charge in [-0.3, -0.25) is 9.78 Å². The van der Waals surface area contributed by atoms with Gasteiger partial charge in [0.1, 0.15) is 23.7 Å². The van der Waals surface area contributed by atoms with E-state index in [-0.39, 0.29) is 16.6 Å². The van der Waals surface area contributed by atoms with Crippen LogP contribution in [0.1, 0.15) is 16.1 Å². The number of aromatic nitrogens is 4. The average molecular weight is 435 g/mol.